The lowest BCUT2D eigenvalue weighted by atomic mass is 10.00. The fraction of sp³-hybridized carbons (Fsp3) is 0.150. The van der Waals surface area contributed by atoms with Gasteiger partial charge in [-0.2, -0.15) is 10.2 Å². The molecule has 0 aliphatic heterocycles. The van der Waals surface area contributed by atoms with Crippen molar-refractivity contribution < 1.29 is 4.79 Å². The number of primary amides is 1. The fourth-order valence-electron chi connectivity index (χ4n) is 2.61. The van der Waals surface area contributed by atoms with Crippen LogP contribution in [0, 0.1) is 0 Å². The van der Waals surface area contributed by atoms with Gasteiger partial charge in [-0.3, -0.25) is 0 Å². The smallest absolute Gasteiger partial charge is 0.332 e. The van der Waals surface area contributed by atoms with Gasteiger partial charge in [0, 0.05) is 17.3 Å². The summed E-state index contributed by atoms with van der Waals surface area (Å²) in [6.45, 7) is 4.32. The molecule has 6 heteroatoms. The second-order valence-electron chi connectivity index (χ2n) is 6.22. The van der Waals surface area contributed by atoms with Crippen molar-refractivity contribution in [3.8, 4) is 16.9 Å². The Bertz CT molecular complexity index is 911. The van der Waals surface area contributed by atoms with E-state index in [1.807, 2.05) is 48.7 Å². The molecule has 0 fully saturated rings. The first-order chi connectivity index (χ1) is 12.5. The monoisotopic (exact) mass is 347 g/mol. The largest absolute Gasteiger partial charge is 0.350 e. The molecule has 26 heavy (non-hydrogen) atoms. The van der Waals surface area contributed by atoms with Gasteiger partial charge >= 0.3 is 6.03 Å². The summed E-state index contributed by atoms with van der Waals surface area (Å²) in [6, 6.07) is 17.4. The van der Waals surface area contributed by atoms with Crippen LogP contribution < -0.4 is 11.2 Å². The van der Waals surface area contributed by atoms with Crippen LogP contribution >= 0.6 is 0 Å². The highest BCUT2D eigenvalue weighted by Gasteiger charge is 2.11. The van der Waals surface area contributed by atoms with E-state index in [4.69, 9.17) is 10.8 Å². The Balaban J connectivity index is 2.02. The molecule has 0 aliphatic carbocycles. The Labute approximate surface area is 152 Å². The zero-order valence-electron chi connectivity index (χ0n) is 14.8. The third-order valence-corrected chi connectivity index (χ3v) is 3.99. The van der Waals surface area contributed by atoms with Crippen LogP contribution in [0.3, 0.4) is 0 Å². The molecule has 6 nitrogen and oxygen atoms in total. The van der Waals surface area contributed by atoms with Crippen molar-refractivity contribution in [3.05, 3.63) is 71.9 Å². The first-order valence-electron chi connectivity index (χ1n) is 8.38. The summed E-state index contributed by atoms with van der Waals surface area (Å²) in [4.78, 5) is 10.8. The topological polar surface area (TPSA) is 85.3 Å². The van der Waals surface area contributed by atoms with Crippen molar-refractivity contribution in [1.29, 1.82) is 0 Å². The zero-order valence-corrected chi connectivity index (χ0v) is 14.8. The van der Waals surface area contributed by atoms with Gasteiger partial charge in [0.25, 0.3) is 0 Å². The van der Waals surface area contributed by atoms with Gasteiger partial charge in [-0.1, -0.05) is 56.3 Å². The second kappa shape index (κ2) is 7.65. The molecule has 2 aromatic carbocycles. The fourth-order valence-corrected chi connectivity index (χ4v) is 2.61. The van der Waals surface area contributed by atoms with Gasteiger partial charge in [0.15, 0.2) is 0 Å². The lowest BCUT2D eigenvalue weighted by molar-refractivity contribution is 0.249. The van der Waals surface area contributed by atoms with Crippen LogP contribution in [0.5, 0.6) is 0 Å². The SMILES string of the molecule is CC(C)c1ccc(-c2nn(-c3ccccc3)cc2/C=N\NC(N)=O)cc1. The molecule has 0 atom stereocenters. The quantitative estimate of drug-likeness (QED) is 0.545. The number of benzene rings is 2. The van der Waals surface area contributed by atoms with Crippen molar-refractivity contribution in [2.24, 2.45) is 10.8 Å². The van der Waals surface area contributed by atoms with Gasteiger partial charge in [-0.15, -0.1) is 0 Å². The summed E-state index contributed by atoms with van der Waals surface area (Å²) < 4.78 is 1.79. The molecule has 0 saturated heterocycles. The van der Waals surface area contributed by atoms with E-state index < -0.39 is 6.03 Å². The predicted molar refractivity (Wildman–Crippen MR) is 103 cm³/mol. The van der Waals surface area contributed by atoms with E-state index in [1.54, 1.807) is 10.9 Å². The number of urea groups is 1. The van der Waals surface area contributed by atoms with Crippen molar-refractivity contribution >= 4 is 12.2 Å². The van der Waals surface area contributed by atoms with Crippen LogP contribution in [0.4, 0.5) is 4.79 Å². The number of amides is 2. The number of hydrazone groups is 1. The summed E-state index contributed by atoms with van der Waals surface area (Å²) >= 11 is 0. The van der Waals surface area contributed by atoms with E-state index in [0.29, 0.717) is 5.92 Å². The molecule has 1 heterocycles. The molecule has 1 aromatic heterocycles. The molecule has 0 saturated carbocycles. The molecule has 2 amide bonds. The van der Waals surface area contributed by atoms with Gasteiger partial charge in [-0.05, 0) is 23.6 Å². The van der Waals surface area contributed by atoms with Crippen LogP contribution in [0.2, 0.25) is 0 Å². The standard InChI is InChI=1S/C20H21N5O/c1-14(2)15-8-10-16(11-9-15)19-17(12-22-23-20(21)26)13-25(24-19)18-6-4-3-5-7-18/h3-14H,1-2H3,(H3,21,23,26)/b22-12-. The average molecular weight is 347 g/mol. The minimum absolute atomic E-state index is 0.465. The van der Waals surface area contributed by atoms with Gasteiger partial charge in [0.05, 0.1) is 11.9 Å². The van der Waals surface area contributed by atoms with E-state index in [2.05, 4.69) is 36.5 Å². The van der Waals surface area contributed by atoms with Crippen LogP contribution in [0.15, 0.2) is 65.9 Å². The van der Waals surface area contributed by atoms with E-state index in [1.165, 1.54) is 5.56 Å². The number of nitrogens with two attached hydrogens (primary N) is 1. The molecule has 132 valence electrons. The molecule has 0 bridgehead atoms. The highest BCUT2D eigenvalue weighted by atomic mass is 16.2. The van der Waals surface area contributed by atoms with E-state index in [-0.39, 0.29) is 0 Å². The Hall–Kier alpha value is -3.41. The van der Waals surface area contributed by atoms with Crippen LogP contribution in [-0.4, -0.2) is 22.0 Å². The Morgan fingerprint density at radius 2 is 1.85 bits per heavy atom. The summed E-state index contributed by atoms with van der Waals surface area (Å²) in [5.41, 5.74) is 12.0. The Morgan fingerprint density at radius 3 is 2.46 bits per heavy atom. The van der Waals surface area contributed by atoms with Crippen molar-refractivity contribution in [1.82, 2.24) is 15.2 Å². The summed E-state index contributed by atoms with van der Waals surface area (Å²) in [5.74, 6) is 0.465. The van der Waals surface area contributed by atoms with E-state index in [0.717, 1.165) is 22.5 Å². The zero-order chi connectivity index (χ0) is 18.5. The number of para-hydroxylation sites is 1. The molecule has 0 aliphatic rings. The molecule has 3 aromatic rings. The van der Waals surface area contributed by atoms with Crippen LogP contribution in [0.1, 0.15) is 30.9 Å². The second-order valence-corrected chi connectivity index (χ2v) is 6.22. The molecule has 3 N–H and O–H groups in total. The maximum Gasteiger partial charge on any atom is 0.332 e. The number of nitrogens with one attached hydrogen (secondary N) is 1. The minimum atomic E-state index is -0.709. The minimum Gasteiger partial charge on any atom is -0.350 e. The van der Waals surface area contributed by atoms with Crippen LogP contribution in [-0.2, 0) is 0 Å². The van der Waals surface area contributed by atoms with Gasteiger partial charge in [0.1, 0.15) is 5.69 Å². The Morgan fingerprint density at radius 1 is 1.15 bits per heavy atom. The number of hydrogen-bond acceptors (Lipinski definition) is 3. The lowest BCUT2D eigenvalue weighted by Gasteiger charge is -2.06. The third-order valence-electron chi connectivity index (χ3n) is 3.99. The first-order valence-corrected chi connectivity index (χ1v) is 8.38. The molecular weight excluding hydrogens is 326 g/mol. The highest BCUT2D eigenvalue weighted by Crippen LogP contribution is 2.25. The van der Waals surface area contributed by atoms with Crippen LogP contribution in [0.25, 0.3) is 16.9 Å². The third kappa shape index (κ3) is 3.97. The Kier molecular flexibility index (Phi) is 5.12. The molecule has 0 radical (unpaired) electrons. The van der Waals surface area contributed by atoms with Crippen molar-refractivity contribution in [3.63, 3.8) is 0 Å². The maximum atomic E-state index is 10.8. The van der Waals surface area contributed by atoms with Gasteiger partial charge in [-0.25, -0.2) is 14.9 Å². The highest BCUT2D eigenvalue weighted by molar-refractivity contribution is 5.89. The number of nitrogens with zero attached hydrogens (tertiary/aromatic N) is 3. The number of carbonyl (C=O) groups is 1. The van der Waals surface area contributed by atoms with E-state index >= 15 is 0 Å². The lowest BCUT2D eigenvalue weighted by Crippen LogP contribution is -2.24. The average Bonchev–Trinajstić information content (AvgIpc) is 3.06. The summed E-state index contributed by atoms with van der Waals surface area (Å²) in [7, 11) is 0. The number of hydrogen-bond donors (Lipinski definition) is 2. The molecular formula is C20H21N5O. The predicted octanol–water partition coefficient (Wildman–Crippen LogP) is 3.66. The van der Waals surface area contributed by atoms with Crippen molar-refractivity contribution in [2.45, 2.75) is 19.8 Å². The van der Waals surface area contributed by atoms with Gasteiger partial charge < -0.3 is 5.73 Å². The summed E-state index contributed by atoms with van der Waals surface area (Å²) in [5, 5.41) is 8.58. The normalized spacial score (nSPS) is 11.2. The molecule has 0 unspecified atom stereocenters. The van der Waals surface area contributed by atoms with Gasteiger partial charge in [0.2, 0.25) is 0 Å². The van der Waals surface area contributed by atoms with E-state index in [9.17, 15) is 4.79 Å². The summed E-state index contributed by atoms with van der Waals surface area (Å²) in [6.07, 6.45) is 3.41. The first kappa shape index (κ1) is 17.4. The van der Waals surface area contributed by atoms with Crippen molar-refractivity contribution in [2.75, 3.05) is 0 Å². The molecule has 3 rings (SSSR count). The maximum absolute atomic E-state index is 10.8. The number of carbonyl (C=O) groups excluding carboxylic acids is 1. The number of aromatic nitrogens is 2. The molecule has 0 spiro atoms. The number of rotatable bonds is 5.